The minimum absolute atomic E-state index is 0.366. The molecule has 0 spiro atoms. The summed E-state index contributed by atoms with van der Waals surface area (Å²) in [4.78, 5) is 14.9. The van der Waals surface area contributed by atoms with E-state index in [1.165, 1.54) is 0 Å². The van der Waals surface area contributed by atoms with Crippen molar-refractivity contribution in [2.45, 2.75) is 19.4 Å². The molecule has 4 heteroatoms. The first-order valence-electron chi connectivity index (χ1n) is 4.66. The molecule has 1 aromatic rings. The van der Waals surface area contributed by atoms with Gasteiger partial charge in [-0.1, -0.05) is 12.1 Å². The third kappa shape index (κ3) is 3.42. The molecular formula is C11H14N2O2. The largest absolute Gasteiger partial charge is 0.480 e. The Hall–Kier alpha value is -1.84. The van der Waals surface area contributed by atoms with Crippen LogP contribution < -0.4 is 5.32 Å². The lowest BCUT2D eigenvalue weighted by Gasteiger charge is -2.12. The number of carbonyl (C=O) groups is 1. The summed E-state index contributed by atoms with van der Waals surface area (Å²) in [5.41, 5.74) is 1.04. The van der Waals surface area contributed by atoms with E-state index >= 15 is 0 Å². The molecule has 0 bridgehead atoms. The molecule has 1 aromatic heterocycles. The number of nitrogens with zero attached hydrogens (tertiary/aromatic N) is 1. The van der Waals surface area contributed by atoms with Crippen molar-refractivity contribution >= 4 is 11.8 Å². The lowest BCUT2D eigenvalue weighted by Crippen LogP contribution is -2.28. The molecular weight excluding hydrogens is 192 g/mol. The fraction of sp³-hybridized carbons (Fsp3) is 0.273. The first kappa shape index (κ1) is 11.2. The molecule has 1 heterocycles. The number of nitrogens with one attached hydrogen (secondary N) is 1. The Kier molecular flexibility index (Phi) is 3.85. The molecule has 0 amide bonds. The predicted octanol–water partition coefficient (Wildman–Crippen LogP) is 1.83. The van der Waals surface area contributed by atoms with Crippen LogP contribution >= 0.6 is 0 Å². The van der Waals surface area contributed by atoms with Crippen molar-refractivity contribution in [3.8, 4) is 0 Å². The van der Waals surface area contributed by atoms with Gasteiger partial charge < -0.3 is 10.4 Å². The minimum Gasteiger partial charge on any atom is -0.480 e. The molecule has 0 saturated carbocycles. The molecule has 15 heavy (non-hydrogen) atoms. The first-order valence-corrected chi connectivity index (χ1v) is 4.66. The number of anilines is 1. The molecule has 0 fully saturated rings. The van der Waals surface area contributed by atoms with Crippen LogP contribution in [0.3, 0.4) is 0 Å². The van der Waals surface area contributed by atoms with Crippen LogP contribution in [0.5, 0.6) is 0 Å². The molecule has 1 unspecified atom stereocenters. The Bertz CT molecular complexity index is 346. The van der Waals surface area contributed by atoms with Crippen LogP contribution in [0.4, 0.5) is 5.82 Å². The lowest BCUT2D eigenvalue weighted by atomic mass is 10.2. The van der Waals surface area contributed by atoms with E-state index in [0.29, 0.717) is 12.2 Å². The maximum atomic E-state index is 10.8. The maximum Gasteiger partial charge on any atom is 0.326 e. The number of aryl methyl sites for hydroxylation is 1. The number of aliphatic carboxylic acids is 1. The van der Waals surface area contributed by atoms with E-state index in [0.717, 1.165) is 5.56 Å². The Morgan fingerprint density at radius 2 is 2.47 bits per heavy atom. The quantitative estimate of drug-likeness (QED) is 0.721. The standard InChI is InChI=1S/C11H14N2O2/c1-3-4-9(11(14)15)13-10-6-5-8(2)7-12-10/h3,5-7,9H,1,4H2,2H3,(H,12,13)(H,14,15). The van der Waals surface area contributed by atoms with Gasteiger partial charge in [0.1, 0.15) is 11.9 Å². The van der Waals surface area contributed by atoms with Crippen LogP contribution in [0.25, 0.3) is 0 Å². The zero-order valence-corrected chi connectivity index (χ0v) is 8.60. The highest BCUT2D eigenvalue weighted by atomic mass is 16.4. The van der Waals surface area contributed by atoms with Crippen molar-refractivity contribution in [3.05, 3.63) is 36.5 Å². The van der Waals surface area contributed by atoms with Crippen LogP contribution in [-0.4, -0.2) is 22.1 Å². The first-order chi connectivity index (χ1) is 7.13. The van der Waals surface area contributed by atoms with Crippen LogP contribution in [0, 0.1) is 6.92 Å². The second-order valence-electron chi connectivity index (χ2n) is 3.28. The van der Waals surface area contributed by atoms with E-state index in [4.69, 9.17) is 5.11 Å². The second-order valence-corrected chi connectivity index (χ2v) is 3.28. The molecule has 4 nitrogen and oxygen atoms in total. The van der Waals surface area contributed by atoms with Gasteiger partial charge in [-0.05, 0) is 25.0 Å². The summed E-state index contributed by atoms with van der Waals surface area (Å²) in [6.45, 7) is 5.44. The number of rotatable bonds is 5. The van der Waals surface area contributed by atoms with Crippen molar-refractivity contribution < 1.29 is 9.90 Å². The summed E-state index contributed by atoms with van der Waals surface area (Å²) in [6.07, 6.45) is 3.63. The third-order valence-corrected chi connectivity index (χ3v) is 1.93. The highest BCUT2D eigenvalue weighted by molar-refractivity contribution is 5.77. The summed E-state index contributed by atoms with van der Waals surface area (Å²) in [5.74, 6) is -0.341. The fourth-order valence-corrected chi connectivity index (χ4v) is 1.12. The highest BCUT2D eigenvalue weighted by Crippen LogP contribution is 2.07. The summed E-state index contributed by atoms with van der Waals surface area (Å²) in [6, 6.07) is 2.97. The number of carboxylic acids is 1. The van der Waals surface area contributed by atoms with Crippen LogP contribution in [0.15, 0.2) is 31.0 Å². The molecule has 2 N–H and O–H groups in total. The van der Waals surface area contributed by atoms with Crippen molar-refractivity contribution in [2.24, 2.45) is 0 Å². The van der Waals surface area contributed by atoms with Crippen molar-refractivity contribution in [3.63, 3.8) is 0 Å². The molecule has 0 saturated heterocycles. The molecule has 80 valence electrons. The highest BCUT2D eigenvalue weighted by Gasteiger charge is 2.15. The maximum absolute atomic E-state index is 10.8. The molecule has 0 aliphatic heterocycles. The Morgan fingerprint density at radius 3 is 2.93 bits per heavy atom. The van der Waals surface area contributed by atoms with E-state index in [1.807, 2.05) is 13.0 Å². The lowest BCUT2D eigenvalue weighted by molar-refractivity contribution is -0.137. The molecule has 0 aliphatic carbocycles. The molecule has 1 rings (SSSR count). The number of aromatic nitrogens is 1. The van der Waals surface area contributed by atoms with E-state index in [1.54, 1.807) is 18.3 Å². The van der Waals surface area contributed by atoms with Gasteiger partial charge in [0.05, 0.1) is 0 Å². The molecule has 0 aliphatic rings. The van der Waals surface area contributed by atoms with Crippen LogP contribution in [-0.2, 0) is 4.79 Å². The summed E-state index contributed by atoms with van der Waals surface area (Å²) in [7, 11) is 0. The Labute approximate surface area is 88.7 Å². The van der Waals surface area contributed by atoms with Crippen molar-refractivity contribution in [2.75, 3.05) is 5.32 Å². The zero-order valence-electron chi connectivity index (χ0n) is 8.60. The van der Waals surface area contributed by atoms with Gasteiger partial charge in [-0.25, -0.2) is 9.78 Å². The van der Waals surface area contributed by atoms with Gasteiger partial charge in [0.2, 0.25) is 0 Å². The fourth-order valence-electron chi connectivity index (χ4n) is 1.12. The van der Waals surface area contributed by atoms with Crippen molar-refractivity contribution in [1.29, 1.82) is 0 Å². The minimum atomic E-state index is -0.905. The van der Waals surface area contributed by atoms with Crippen LogP contribution in [0.2, 0.25) is 0 Å². The Balaban J connectivity index is 2.69. The van der Waals surface area contributed by atoms with Gasteiger partial charge >= 0.3 is 5.97 Å². The Morgan fingerprint density at radius 1 is 1.73 bits per heavy atom. The smallest absolute Gasteiger partial charge is 0.326 e. The number of pyridine rings is 1. The number of hydrogen-bond acceptors (Lipinski definition) is 3. The summed E-state index contributed by atoms with van der Waals surface area (Å²) < 4.78 is 0. The molecule has 0 radical (unpaired) electrons. The topological polar surface area (TPSA) is 62.2 Å². The average molecular weight is 206 g/mol. The number of carboxylic acid groups (broad SMARTS) is 1. The summed E-state index contributed by atoms with van der Waals surface area (Å²) >= 11 is 0. The van der Waals surface area contributed by atoms with E-state index in [2.05, 4.69) is 16.9 Å². The van der Waals surface area contributed by atoms with E-state index in [9.17, 15) is 4.79 Å². The normalized spacial score (nSPS) is 11.8. The van der Waals surface area contributed by atoms with E-state index in [-0.39, 0.29) is 0 Å². The van der Waals surface area contributed by atoms with Crippen LogP contribution in [0.1, 0.15) is 12.0 Å². The number of hydrogen-bond donors (Lipinski definition) is 2. The van der Waals surface area contributed by atoms with Crippen molar-refractivity contribution in [1.82, 2.24) is 4.98 Å². The second kappa shape index (κ2) is 5.14. The van der Waals surface area contributed by atoms with Gasteiger partial charge in [-0.15, -0.1) is 6.58 Å². The predicted molar refractivity (Wildman–Crippen MR) is 58.8 cm³/mol. The molecule has 1 atom stereocenters. The zero-order chi connectivity index (χ0) is 11.3. The SMILES string of the molecule is C=CCC(Nc1ccc(C)cn1)C(=O)O. The molecule has 0 aromatic carbocycles. The van der Waals surface area contributed by atoms with Gasteiger partial charge in [-0.2, -0.15) is 0 Å². The van der Waals surface area contributed by atoms with Gasteiger partial charge in [0.15, 0.2) is 0 Å². The van der Waals surface area contributed by atoms with Gasteiger partial charge in [0, 0.05) is 6.20 Å². The monoisotopic (exact) mass is 206 g/mol. The average Bonchev–Trinajstić information content (AvgIpc) is 2.20. The van der Waals surface area contributed by atoms with Gasteiger partial charge in [-0.3, -0.25) is 0 Å². The van der Waals surface area contributed by atoms with E-state index < -0.39 is 12.0 Å². The summed E-state index contributed by atoms with van der Waals surface area (Å²) in [5, 5.41) is 11.7. The van der Waals surface area contributed by atoms with Gasteiger partial charge in [0.25, 0.3) is 0 Å². The third-order valence-electron chi connectivity index (χ3n) is 1.93.